The first-order chi connectivity index (χ1) is 14.6. The third-order valence-electron chi connectivity index (χ3n) is 5.60. The average Bonchev–Trinajstić information content (AvgIpc) is 3.06. The van der Waals surface area contributed by atoms with E-state index in [-0.39, 0.29) is 0 Å². The summed E-state index contributed by atoms with van der Waals surface area (Å²) >= 11 is 5.78. The highest BCUT2D eigenvalue weighted by Gasteiger charge is 2.19. The quantitative estimate of drug-likeness (QED) is 0.539. The van der Waals surface area contributed by atoms with Gasteiger partial charge in [0.15, 0.2) is 10.6 Å². The normalized spacial score (nSPS) is 15.5. The van der Waals surface area contributed by atoms with Crippen molar-refractivity contribution in [1.82, 2.24) is 29.1 Å². The van der Waals surface area contributed by atoms with Crippen molar-refractivity contribution in [2.24, 2.45) is 0 Å². The van der Waals surface area contributed by atoms with E-state index in [4.69, 9.17) is 17.3 Å². The van der Waals surface area contributed by atoms with Crippen LogP contribution >= 0.6 is 12.2 Å². The lowest BCUT2D eigenvalue weighted by atomic mass is 10.1. The van der Waals surface area contributed by atoms with E-state index in [2.05, 4.69) is 57.5 Å². The zero-order valence-corrected chi connectivity index (χ0v) is 18.7. The van der Waals surface area contributed by atoms with E-state index < -0.39 is 0 Å². The van der Waals surface area contributed by atoms with Gasteiger partial charge in [-0.1, -0.05) is 36.8 Å². The van der Waals surface area contributed by atoms with Gasteiger partial charge in [0.25, 0.3) is 0 Å². The molecule has 4 rings (SSSR count). The molecule has 1 aliphatic rings. The van der Waals surface area contributed by atoms with Gasteiger partial charge >= 0.3 is 0 Å². The van der Waals surface area contributed by atoms with Gasteiger partial charge in [-0.25, -0.2) is 4.68 Å². The minimum atomic E-state index is 0.742. The van der Waals surface area contributed by atoms with Gasteiger partial charge in [-0.3, -0.25) is 19.4 Å². The topological polar surface area (TPSA) is 42.1 Å². The van der Waals surface area contributed by atoms with E-state index in [0.29, 0.717) is 0 Å². The first-order valence-corrected chi connectivity index (χ1v) is 11.1. The van der Waals surface area contributed by atoms with Crippen molar-refractivity contribution in [1.29, 1.82) is 0 Å². The van der Waals surface area contributed by atoms with Gasteiger partial charge < -0.3 is 0 Å². The molecule has 1 fully saturated rings. The molecule has 3 aromatic rings. The highest BCUT2D eigenvalue weighted by molar-refractivity contribution is 7.71. The first kappa shape index (κ1) is 20.9. The van der Waals surface area contributed by atoms with Crippen LogP contribution in [0.2, 0.25) is 0 Å². The summed E-state index contributed by atoms with van der Waals surface area (Å²) in [5, 5.41) is 4.88. The van der Waals surface area contributed by atoms with E-state index >= 15 is 0 Å². The van der Waals surface area contributed by atoms with Crippen molar-refractivity contribution >= 4 is 12.2 Å². The second-order valence-corrected chi connectivity index (χ2v) is 8.38. The minimum Gasteiger partial charge on any atom is -0.300 e. The lowest BCUT2D eigenvalue weighted by Gasteiger charge is -2.34. The van der Waals surface area contributed by atoms with Crippen LogP contribution in [-0.4, -0.2) is 55.3 Å². The summed E-state index contributed by atoms with van der Waals surface area (Å²) in [5.74, 6) is 0.933. The van der Waals surface area contributed by atoms with Gasteiger partial charge in [0, 0.05) is 57.2 Å². The Bertz CT molecular complexity index is 1020. The molecule has 0 bridgehead atoms. The smallest absolute Gasteiger partial charge is 0.199 e. The molecule has 158 valence electrons. The van der Waals surface area contributed by atoms with Crippen molar-refractivity contribution in [3.8, 4) is 11.4 Å². The summed E-state index contributed by atoms with van der Waals surface area (Å²) in [6, 6.07) is 12.8. The zero-order valence-electron chi connectivity index (χ0n) is 17.9. The maximum absolute atomic E-state index is 5.78. The standard InChI is InChI=1S/C23H30N6S/c1-3-11-28-22(21-7-9-24-10-8-21)25-29(23(28)30)18-27-14-12-26(13-15-27)17-20-6-4-5-19(2)16-20/h4-10,16H,3,11-15,17-18H2,1-2H3. The molecular formula is C23H30N6S. The summed E-state index contributed by atoms with van der Waals surface area (Å²) in [4.78, 5) is 9.11. The number of aromatic nitrogens is 4. The summed E-state index contributed by atoms with van der Waals surface area (Å²) in [5.41, 5.74) is 3.78. The van der Waals surface area contributed by atoms with Crippen LogP contribution in [0.15, 0.2) is 48.8 Å². The van der Waals surface area contributed by atoms with Crippen molar-refractivity contribution < 1.29 is 0 Å². The molecule has 30 heavy (non-hydrogen) atoms. The Kier molecular flexibility index (Phi) is 6.72. The molecule has 0 radical (unpaired) electrons. The second kappa shape index (κ2) is 9.64. The molecule has 1 saturated heterocycles. The van der Waals surface area contributed by atoms with Crippen LogP contribution in [0.1, 0.15) is 24.5 Å². The minimum absolute atomic E-state index is 0.742. The van der Waals surface area contributed by atoms with Gasteiger partial charge in [-0.05, 0) is 43.3 Å². The van der Waals surface area contributed by atoms with Gasteiger partial charge in [0.2, 0.25) is 0 Å². The van der Waals surface area contributed by atoms with Crippen molar-refractivity contribution in [3.63, 3.8) is 0 Å². The molecule has 0 unspecified atom stereocenters. The van der Waals surface area contributed by atoms with E-state index in [1.165, 1.54) is 11.1 Å². The Morgan fingerprint density at radius 1 is 1.00 bits per heavy atom. The third kappa shape index (κ3) is 4.86. The van der Waals surface area contributed by atoms with Gasteiger partial charge in [0.1, 0.15) is 0 Å². The lowest BCUT2D eigenvalue weighted by molar-refractivity contribution is 0.0980. The monoisotopic (exact) mass is 422 g/mol. The predicted molar refractivity (Wildman–Crippen MR) is 123 cm³/mol. The maximum Gasteiger partial charge on any atom is 0.199 e. The van der Waals surface area contributed by atoms with Gasteiger partial charge in [0.05, 0.1) is 6.67 Å². The summed E-state index contributed by atoms with van der Waals surface area (Å²) in [7, 11) is 0. The molecule has 0 atom stereocenters. The SMILES string of the molecule is CCCn1c(-c2ccncc2)nn(CN2CCN(Cc3cccc(C)c3)CC2)c1=S. The highest BCUT2D eigenvalue weighted by atomic mass is 32.1. The lowest BCUT2D eigenvalue weighted by Crippen LogP contribution is -2.46. The number of nitrogens with zero attached hydrogens (tertiary/aromatic N) is 6. The Labute approximate surface area is 183 Å². The number of piperazine rings is 1. The van der Waals surface area contributed by atoms with Crippen LogP contribution in [0, 0.1) is 11.7 Å². The Balaban J connectivity index is 1.42. The van der Waals surface area contributed by atoms with E-state index in [0.717, 1.165) is 68.5 Å². The molecular weight excluding hydrogens is 392 g/mol. The number of rotatable bonds is 7. The predicted octanol–water partition coefficient (Wildman–Crippen LogP) is 3.97. The summed E-state index contributed by atoms with van der Waals surface area (Å²) in [6.45, 7) is 11.1. The number of hydrogen-bond donors (Lipinski definition) is 0. The fourth-order valence-electron chi connectivity index (χ4n) is 4.02. The molecule has 6 nitrogen and oxygen atoms in total. The first-order valence-electron chi connectivity index (χ1n) is 10.7. The van der Waals surface area contributed by atoms with Crippen LogP contribution in [0.25, 0.3) is 11.4 Å². The van der Waals surface area contributed by atoms with Crippen LogP contribution in [0.3, 0.4) is 0 Å². The Morgan fingerprint density at radius 3 is 2.43 bits per heavy atom. The highest BCUT2D eigenvalue weighted by Crippen LogP contribution is 2.19. The largest absolute Gasteiger partial charge is 0.300 e. The molecule has 0 spiro atoms. The molecule has 0 saturated carbocycles. The molecule has 1 aromatic carbocycles. The molecule has 0 aliphatic carbocycles. The molecule has 0 amide bonds. The van der Waals surface area contributed by atoms with Gasteiger partial charge in [-0.15, -0.1) is 0 Å². The summed E-state index contributed by atoms with van der Waals surface area (Å²) < 4.78 is 4.93. The zero-order chi connectivity index (χ0) is 20.9. The van der Waals surface area contributed by atoms with Crippen LogP contribution in [0.5, 0.6) is 0 Å². The van der Waals surface area contributed by atoms with E-state index in [1.807, 2.05) is 16.8 Å². The van der Waals surface area contributed by atoms with Crippen LogP contribution < -0.4 is 0 Å². The fourth-order valence-corrected chi connectivity index (χ4v) is 4.30. The van der Waals surface area contributed by atoms with Crippen molar-refractivity contribution in [2.45, 2.75) is 40.0 Å². The Morgan fingerprint density at radius 2 is 1.73 bits per heavy atom. The number of hydrogen-bond acceptors (Lipinski definition) is 5. The Hall–Kier alpha value is -2.35. The van der Waals surface area contributed by atoms with Crippen molar-refractivity contribution in [2.75, 3.05) is 26.2 Å². The second-order valence-electron chi connectivity index (χ2n) is 8.02. The molecule has 1 aliphatic heterocycles. The molecule has 3 heterocycles. The number of pyridine rings is 1. The van der Waals surface area contributed by atoms with Crippen LogP contribution in [0.4, 0.5) is 0 Å². The number of aryl methyl sites for hydroxylation is 1. The van der Waals surface area contributed by atoms with E-state index in [1.54, 1.807) is 12.4 Å². The van der Waals surface area contributed by atoms with E-state index in [9.17, 15) is 0 Å². The average molecular weight is 423 g/mol. The van der Waals surface area contributed by atoms with Crippen molar-refractivity contribution in [3.05, 3.63) is 64.7 Å². The third-order valence-corrected chi connectivity index (χ3v) is 6.03. The molecule has 2 aromatic heterocycles. The molecule has 0 N–H and O–H groups in total. The molecule has 7 heteroatoms. The maximum atomic E-state index is 5.78. The van der Waals surface area contributed by atoms with Gasteiger partial charge in [-0.2, -0.15) is 5.10 Å². The van der Waals surface area contributed by atoms with Crippen LogP contribution in [-0.2, 0) is 19.8 Å². The number of benzene rings is 1. The summed E-state index contributed by atoms with van der Waals surface area (Å²) in [6.07, 6.45) is 4.64. The fraction of sp³-hybridized carbons (Fsp3) is 0.435.